The van der Waals surface area contributed by atoms with Gasteiger partial charge in [-0.1, -0.05) is 30.3 Å². The van der Waals surface area contributed by atoms with E-state index in [0.717, 1.165) is 23.4 Å². The van der Waals surface area contributed by atoms with Crippen molar-refractivity contribution >= 4 is 23.1 Å². The first-order chi connectivity index (χ1) is 16.2. The largest absolute Gasteiger partial charge is 0.417 e. The molecule has 0 radical (unpaired) electrons. The first-order valence-electron chi connectivity index (χ1n) is 11.7. The summed E-state index contributed by atoms with van der Waals surface area (Å²) in [6, 6.07) is 16.7. The van der Waals surface area contributed by atoms with Crippen LogP contribution in [0.2, 0.25) is 0 Å². The van der Waals surface area contributed by atoms with Crippen molar-refractivity contribution in [2.24, 2.45) is 5.92 Å². The molecule has 0 unspecified atom stereocenters. The smallest absolute Gasteiger partial charge is 0.380 e. The van der Waals surface area contributed by atoms with E-state index in [1.807, 2.05) is 35.2 Å². The van der Waals surface area contributed by atoms with E-state index < -0.39 is 11.8 Å². The van der Waals surface area contributed by atoms with Crippen LogP contribution in [0.1, 0.15) is 37.7 Å². The van der Waals surface area contributed by atoms with Gasteiger partial charge in [0.05, 0.1) is 0 Å². The van der Waals surface area contributed by atoms with Gasteiger partial charge in [0.25, 0.3) is 0 Å². The van der Waals surface area contributed by atoms with Crippen molar-refractivity contribution in [2.45, 2.75) is 50.3 Å². The summed E-state index contributed by atoms with van der Waals surface area (Å²) in [5, 5.41) is 9.87. The van der Waals surface area contributed by atoms with Gasteiger partial charge in [-0.2, -0.15) is 13.2 Å². The molecule has 4 rings (SSSR count). The third-order valence-electron chi connectivity index (χ3n) is 6.91. The van der Waals surface area contributed by atoms with E-state index in [9.17, 15) is 27.9 Å². The molecule has 5 nitrogen and oxygen atoms in total. The van der Waals surface area contributed by atoms with Gasteiger partial charge in [-0.15, -0.1) is 0 Å². The topological polar surface area (TPSA) is 60.9 Å². The maximum Gasteiger partial charge on any atom is 0.417 e. The third-order valence-corrected chi connectivity index (χ3v) is 6.91. The highest BCUT2D eigenvalue weighted by Crippen LogP contribution is 2.39. The van der Waals surface area contributed by atoms with Crippen LogP contribution in [0.15, 0.2) is 54.6 Å². The lowest BCUT2D eigenvalue weighted by molar-refractivity contribution is -0.266. The van der Waals surface area contributed by atoms with Crippen LogP contribution in [-0.2, 0) is 16.0 Å². The molecule has 34 heavy (non-hydrogen) atoms. The molecular formula is C26H29F3N2O3. The van der Waals surface area contributed by atoms with Crippen molar-refractivity contribution in [3.63, 3.8) is 0 Å². The molecule has 2 aromatic rings. The lowest BCUT2D eigenvalue weighted by Gasteiger charge is -2.40. The van der Waals surface area contributed by atoms with Crippen molar-refractivity contribution in [1.29, 1.82) is 0 Å². The van der Waals surface area contributed by atoms with E-state index >= 15 is 0 Å². The predicted molar refractivity (Wildman–Crippen MR) is 124 cm³/mol. The average molecular weight is 475 g/mol. The van der Waals surface area contributed by atoms with Crippen LogP contribution < -0.4 is 9.80 Å². The molecule has 0 aliphatic carbocycles. The van der Waals surface area contributed by atoms with E-state index in [0.29, 0.717) is 19.4 Å². The summed E-state index contributed by atoms with van der Waals surface area (Å²) in [7, 11) is 0. The van der Waals surface area contributed by atoms with Crippen LogP contribution in [0.25, 0.3) is 0 Å². The number of carbonyl (C=O) groups is 2. The molecule has 182 valence electrons. The van der Waals surface area contributed by atoms with Crippen LogP contribution in [0.4, 0.5) is 24.5 Å². The minimum absolute atomic E-state index is 0.0469. The molecule has 2 saturated heterocycles. The fourth-order valence-corrected chi connectivity index (χ4v) is 4.83. The van der Waals surface area contributed by atoms with Gasteiger partial charge in [-0.25, -0.2) is 0 Å². The molecule has 2 aliphatic heterocycles. The van der Waals surface area contributed by atoms with Gasteiger partial charge < -0.3 is 14.9 Å². The standard InChI is InChI=1S/C26H29F3N2O3/c27-26(28,29)25(34)12-15-30(16-13-25)21-8-10-22(11-9-21)31-14-4-7-20(24(31)33)18-23(32)17-19-5-2-1-3-6-19/h1-3,5-6,8-11,20,34H,4,7,12-18H2/t20-/m0/s1. The van der Waals surface area contributed by atoms with Crippen molar-refractivity contribution in [1.82, 2.24) is 0 Å². The Bertz CT molecular complexity index is 1000. The molecule has 2 aliphatic rings. The van der Waals surface area contributed by atoms with E-state index in [1.165, 1.54) is 0 Å². The second kappa shape index (κ2) is 9.78. The highest BCUT2D eigenvalue weighted by molar-refractivity contribution is 5.98. The number of piperidine rings is 2. The molecule has 1 atom stereocenters. The van der Waals surface area contributed by atoms with Crippen molar-refractivity contribution in [3.05, 3.63) is 60.2 Å². The molecule has 8 heteroatoms. The number of halogens is 3. The molecular weight excluding hydrogens is 445 g/mol. The van der Waals surface area contributed by atoms with Crippen LogP contribution >= 0.6 is 0 Å². The van der Waals surface area contributed by atoms with Crippen LogP contribution in [0, 0.1) is 5.92 Å². The first kappa shape index (κ1) is 24.3. The molecule has 0 bridgehead atoms. The second-order valence-electron chi connectivity index (χ2n) is 9.27. The molecule has 1 amide bonds. The predicted octanol–water partition coefficient (Wildman–Crippen LogP) is 4.53. The van der Waals surface area contributed by atoms with Crippen LogP contribution in [0.3, 0.4) is 0 Å². The summed E-state index contributed by atoms with van der Waals surface area (Å²) in [6.07, 6.45) is -3.35. The van der Waals surface area contributed by atoms with E-state index in [4.69, 9.17) is 0 Å². The number of alkyl halides is 3. The molecule has 2 aromatic carbocycles. The Balaban J connectivity index is 1.36. The zero-order valence-corrected chi connectivity index (χ0v) is 18.9. The number of anilines is 2. The van der Waals surface area contributed by atoms with Gasteiger partial charge in [0, 0.05) is 62.6 Å². The molecule has 0 aromatic heterocycles. The number of rotatable bonds is 6. The van der Waals surface area contributed by atoms with Crippen molar-refractivity contribution in [3.8, 4) is 0 Å². The number of carbonyl (C=O) groups excluding carboxylic acids is 2. The molecule has 1 N–H and O–H groups in total. The van der Waals surface area contributed by atoms with Gasteiger partial charge in [-0.05, 0) is 42.7 Å². The van der Waals surface area contributed by atoms with Gasteiger partial charge >= 0.3 is 6.18 Å². The Morgan fingerprint density at radius 1 is 0.971 bits per heavy atom. The Labute approximate surface area is 197 Å². The molecule has 2 fully saturated rings. The fourth-order valence-electron chi connectivity index (χ4n) is 4.83. The summed E-state index contributed by atoms with van der Waals surface area (Å²) in [4.78, 5) is 29.1. The summed E-state index contributed by atoms with van der Waals surface area (Å²) >= 11 is 0. The SMILES string of the molecule is O=C(Cc1ccccc1)C[C@@H]1CCCN(c2ccc(N3CCC(O)(C(F)(F)F)CC3)cc2)C1=O. The summed E-state index contributed by atoms with van der Waals surface area (Å²) < 4.78 is 39.1. The Morgan fingerprint density at radius 3 is 2.21 bits per heavy atom. The maximum atomic E-state index is 13.1. The quantitative estimate of drug-likeness (QED) is 0.669. The lowest BCUT2D eigenvalue weighted by atomic mass is 9.90. The normalized spacial score (nSPS) is 20.9. The van der Waals surface area contributed by atoms with Crippen molar-refractivity contribution in [2.75, 3.05) is 29.4 Å². The number of Topliss-reactive ketones (excluding diaryl/α,β-unsaturated/α-hetero) is 1. The summed E-state index contributed by atoms with van der Waals surface area (Å²) in [6.45, 7) is 0.775. The second-order valence-corrected chi connectivity index (χ2v) is 9.27. The van der Waals surface area contributed by atoms with Crippen molar-refractivity contribution < 1.29 is 27.9 Å². The number of hydrogen-bond acceptors (Lipinski definition) is 4. The average Bonchev–Trinajstić information content (AvgIpc) is 2.81. The number of hydrogen-bond donors (Lipinski definition) is 1. The van der Waals surface area contributed by atoms with E-state index in [2.05, 4.69) is 0 Å². The Hall–Kier alpha value is -2.87. The number of benzene rings is 2. The summed E-state index contributed by atoms with van der Waals surface area (Å²) in [5.41, 5.74) is -0.212. The highest BCUT2D eigenvalue weighted by atomic mass is 19.4. The molecule has 0 saturated carbocycles. The fraction of sp³-hybridized carbons (Fsp3) is 0.462. The monoisotopic (exact) mass is 474 g/mol. The first-order valence-corrected chi connectivity index (χ1v) is 11.7. The summed E-state index contributed by atoms with van der Waals surface area (Å²) in [5.74, 6) is -0.355. The van der Waals surface area contributed by atoms with E-state index in [-0.39, 0.29) is 50.0 Å². The van der Waals surface area contributed by atoms with Gasteiger partial charge in [0.2, 0.25) is 5.91 Å². The van der Waals surface area contributed by atoms with Crippen LogP contribution in [-0.4, -0.2) is 48.2 Å². The lowest BCUT2D eigenvalue weighted by Crippen LogP contribution is -2.53. The van der Waals surface area contributed by atoms with Crippen LogP contribution in [0.5, 0.6) is 0 Å². The zero-order valence-electron chi connectivity index (χ0n) is 18.9. The number of nitrogens with zero attached hydrogens (tertiary/aromatic N) is 2. The number of amides is 1. The Morgan fingerprint density at radius 2 is 1.59 bits per heavy atom. The Kier molecular flexibility index (Phi) is 6.98. The highest BCUT2D eigenvalue weighted by Gasteiger charge is 2.54. The van der Waals surface area contributed by atoms with Gasteiger partial charge in [0.1, 0.15) is 5.78 Å². The van der Waals surface area contributed by atoms with Gasteiger partial charge in [-0.3, -0.25) is 9.59 Å². The minimum atomic E-state index is -4.63. The maximum absolute atomic E-state index is 13.1. The number of ketones is 1. The van der Waals surface area contributed by atoms with E-state index in [1.54, 1.807) is 29.2 Å². The zero-order chi connectivity index (χ0) is 24.3. The number of aliphatic hydroxyl groups is 1. The molecule has 0 spiro atoms. The molecule has 2 heterocycles. The van der Waals surface area contributed by atoms with Gasteiger partial charge in [0.15, 0.2) is 5.60 Å². The third kappa shape index (κ3) is 5.27. The minimum Gasteiger partial charge on any atom is -0.380 e.